The third-order valence-corrected chi connectivity index (χ3v) is 5.07. The molecule has 2 aliphatic heterocycles. The molecule has 0 radical (unpaired) electrons. The number of halogens is 1. The Kier molecular flexibility index (Phi) is 3.97. The Bertz CT molecular complexity index is 450. The molecule has 0 saturated carbocycles. The third kappa shape index (κ3) is 2.74. The van der Waals surface area contributed by atoms with Crippen LogP contribution >= 0.6 is 15.9 Å². The lowest BCUT2D eigenvalue weighted by Crippen LogP contribution is -2.52. The van der Waals surface area contributed by atoms with E-state index >= 15 is 0 Å². The maximum atomic E-state index is 5.59. The highest BCUT2D eigenvalue weighted by Crippen LogP contribution is 2.40. The summed E-state index contributed by atoms with van der Waals surface area (Å²) in [6.45, 7) is 5.15. The van der Waals surface area contributed by atoms with Gasteiger partial charge in [0.15, 0.2) is 0 Å². The average molecular weight is 324 g/mol. The van der Waals surface area contributed by atoms with E-state index in [0.29, 0.717) is 6.04 Å². The van der Waals surface area contributed by atoms with Crippen molar-refractivity contribution < 1.29 is 4.74 Å². The lowest BCUT2D eigenvalue weighted by atomic mass is 9.71. The van der Waals surface area contributed by atoms with E-state index in [0.717, 1.165) is 13.2 Å². The van der Waals surface area contributed by atoms with Crippen LogP contribution in [0, 0.1) is 6.92 Å². The van der Waals surface area contributed by atoms with E-state index in [1.807, 2.05) is 0 Å². The van der Waals surface area contributed by atoms with Gasteiger partial charge in [0.05, 0.1) is 13.2 Å². The fourth-order valence-corrected chi connectivity index (χ4v) is 3.83. The first-order valence-corrected chi connectivity index (χ1v) is 8.07. The topological polar surface area (TPSA) is 21.3 Å². The summed E-state index contributed by atoms with van der Waals surface area (Å²) in [4.78, 5) is 0. The molecule has 2 aliphatic rings. The van der Waals surface area contributed by atoms with E-state index < -0.39 is 0 Å². The van der Waals surface area contributed by atoms with Gasteiger partial charge in [-0.15, -0.1) is 0 Å². The van der Waals surface area contributed by atoms with Crippen LogP contribution in [0.2, 0.25) is 0 Å². The number of benzene rings is 1. The zero-order valence-electron chi connectivity index (χ0n) is 11.5. The van der Waals surface area contributed by atoms with Crippen molar-refractivity contribution in [3.05, 3.63) is 33.8 Å². The predicted molar refractivity (Wildman–Crippen MR) is 81.6 cm³/mol. The Morgan fingerprint density at radius 1 is 1.37 bits per heavy atom. The second kappa shape index (κ2) is 5.55. The van der Waals surface area contributed by atoms with Crippen LogP contribution in [-0.2, 0) is 10.2 Å². The zero-order chi connectivity index (χ0) is 13.3. The quantitative estimate of drug-likeness (QED) is 0.918. The normalized spacial score (nSPS) is 25.9. The SMILES string of the molecule is Cc1ccc(Br)cc1C1(CC2CCCCN2)COC1. The molecule has 2 nitrogen and oxygen atoms in total. The molecule has 1 aromatic rings. The highest BCUT2D eigenvalue weighted by Gasteiger charge is 2.43. The minimum Gasteiger partial charge on any atom is -0.379 e. The Morgan fingerprint density at radius 2 is 2.21 bits per heavy atom. The molecule has 1 unspecified atom stereocenters. The van der Waals surface area contributed by atoms with Gasteiger partial charge in [0, 0.05) is 15.9 Å². The molecule has 104 valence electrons. The van der Waals surface area contributed by atoms with Gasteiger partial charge in [-0.05, 0) is 56.0 Å². The minimum absolute atomic E-state index is 0.239. The highest BCUT2D eigenvalue weighted by atomic mass is 79.9. The summed E-state index contributed by atoms with van der Waals surface area (Å²) in [7, 11) is 0. The first-order valence-electron chi connectivity index (χ1n) is 7.27. The van der Waals surface area contributed by atoms with Crippen LogP contribution in [0.15, 0.2) is 22.7 Å². The van der Waals surface area contributed by atoms with Gasteiger partial charge in [0.25, 0.3) is 0 Å². The lowest BCUT2D eigenvalue weighted by Gasteiger charge is -2.45. The van der Waals surface area contributed by atoms with Gasteiger partial charge in [-0.3, -0.25) is 0 Å². The van der Waals surface area contributed by atoms with Gasteiger partial charge < -0.3 is 10.1 Å². The molecule has 3 heteroatoms. The molecule has 1 atom stereocenters. The number of hydrogen-bond acceptors (Lipinski definition) is 2. The van der Waals surface area contributed by atoms with Crippen LogP contribution in [0.4, 0.5) is 0 Å². The fourth-order valence-electron chi connectivity index (χ4n) is 3.47. The molecule has 0 amide bonds. The maximum Gasteiger partial charge on any atom is 0.0586 e. The van der Waals surface area contributed by atoms with E-state index in [1.165, 1.54) is 47.8 Å². The van der Waals surface area contributed by atoms with E-state index in [2.05, 4.69) is 46.4 Å². The van der Waals surface area contributed by atoms with E-state index in [-0.39, 0.29) is 5.41 Å². The van der Waals surface area contributed by atoms with Crippen LogP contribution < -0.4 is 5.32 Å². The van der Waals surface area contributed by atoms with Crippen molar-refractivity contribution in [2.75, 3.05) is 19.8 Å². The van der Waals surface area contributed by atoms with Crippen LogP contribution in [0.3, 0.4) is 0 Å². The smallest absolute Gasteiger partial charge is 0.0586 e. The van der Waals surface area contributed by atoms with Crippen molar-refractivity contribution in [2.24, 2.45) is 0 Å². The monoisotopic (exact) mass is 323 g/mol. The van der Waals surface area contributed by atoms with Crippen molar-refractivity contribution in [3.8, 4) is 0 Å². The zero-order valence-corrected chi connectivity index (χ0v) is 13.1. The summed E-state index contributed by atoms with van der Waals surface area (Å²) in [5.74, 6) is 0. The van der Waals surface area contributed by atoms with Crippen LogP contribution in [0.1, 0.15) is 36.8 Å². The summed E-state index contributed by atoms with van der Waals surface area (Å²) < 4.78 is 6.76. The molecule has 0 aliphatic carbocycles. The van der Waals surface area contributed by atoms with Gasteiger partial charge >= 0.3 is 0 Å². The van der Waals surface area contributed by atoms with Gasteiger partial charge in [-0.1, -0.05) is 28.4 Å². The number of rotatable bonds is 3. The van der Waals surface area contributed by atoms with E-state index in [1.54, 1.807) is 0 Å². The molecular weight excluding hydrogens is 302 g/mol. The van der Waals surface area contributed by atoms with Crippen molar-refractivity contribution in [1.29, 1.82) is 0 Å². The van der Waals surface area contributed by atoms with Crippen molar-refractivity contribution in [1.82, 2.24) is 5.32 Å². The minimum atomic E-state index is 0.239. The predicted octanol–water partition coefficient (Wildman–Crippen LogP) is 3.56. The molecule has 19 heavy (non-hydrogen) atoms. The first-order chi connectivity index (χ1) is 9.20. The number of ether oxygens (including phenoxy) is 1. The summed E-state index contributed by atoms with van der Waals surface area (Å²) in [5, 5.41) is 3.68. The average Bonchev–Trinajstić information content (AvgIpc) is 2.38. The van der Waals surface area contributed by atoms with Crippen molar-refractivity contribution in [3.63, 3.8) is 0 Å². The van der Waals surface area contributed by atoms with Crippen LogP contribution in [0.5, 0.6) is 0 Å². The second-order valence-corrected chi connectivity index (χ2v) is 7.00. The summed E-state index contributed by atoms with van der Waals surface area (Å²) in [6.07, 6.45) is 5.22. The number of hydrogen-bond donors (Lipinski definition) is 1. The van der Waals surface area contributed by atoms with Crippen molar-refractivity contribution in [2.45, 2.75) is 44.1 Å². The van der Waals surface area contributed by atoms with Crippen molar-refractivity contribution >= 4 is 15.9 Å². The lowest BCUT2D eigenvalue weighted by molar-refractivity contribution is -0.0699. The van der Waals surface area contributed by atoms with Gasteiger partial charge in [-0.25, -0.2) is 0 Å². The van der Waals surface area contributed by atoms with Gasteiger partial charge in [0.1, 0.15) is 0 Å². The molecule has 0 bridgehead atoms. The summed E-state index contributed by atoms with van der Waals surface area (Å²) >= 11 is 3.61. The Morgan fingerprint density at radius 3 is 2.84 bits per heavy atom. The number of piperidine rings is 1. The molecule has 0 aromatic heterocycles. The molecule has 1 N–H and O–H groups in total. The standard InChI is InChI=1S/C16H22BrNO/c1-12-5-6-13(17)8-15(12)16(10-19-11-16)9-14-4-2-3-7-18-14/h5-6,8,14,18H,2-4,7,9-11H2,1H3. The van der Waals surface area contributed by atoms with E-state index in [4.69, 9.17) is 4.74 Å². The number of nitrogens with one attached hydrogen (secondary N) is 1. The Labute approximate surface area is 124 Å². The largest absolute Gasteiger partial charge is 0.379 e. The van der Waals surface area contributed by atoms with E-state index in [9.17, 15) is 0 Å². The Hall–Kier alpha value is -0.380. The molecule has 3 rings (SSSR count). The first kappa shape index (κ1) is 13.6. The Balaban J connectivity index is 1.83. The van der Waals surface area contributed by atoms with Crippen LogP contribution in [0.25, 0.3) is 0 Å². The fraction of sp³-hybridized carbons (Fsp3) is 0.625. The molecule has 1 aromatic carbocycles. The molecule has 2 saturated heterocycles. The second-order valence-electron chi connectivity index (χ2n) is 6.08. The third-order valence-electron chi connectivity index (χ3n) is 4.58. The van der Waals surface area contributed by atoms with Crippen LogP contribution in [-0.4, -0.2) is 25.8 Å². The van der Waals surface area contributed by atoms with Gasteiger partial charge in [0.2, 0.25) is 0 Å². The summed E-state index contributed by atoms with van der Waals surface area (Å²) in [5.41, 5.74) is 3.10. The molecular formula is C16H22BrNO. The highest BCUT2D eigenvalue weighted by molar-refractivity contribution is 9.10. The molecule has 2 fully saturated rings. The number of aryl methyl sites for hydroxylation is 1. The summed E-state index contributed by atoms with van der Waals surface area (Å²) in [6, 6.07) is 7.30. The van der Waals surface area contributed by atoms with Gasteiger partial charge in [-0.2, -0.15) is 0 Å². The maximum absolute atomic E-state index is 5.59. The molecule has 2 heterocycles. The molecule has 0 spiro atoms.